The van der Waals surface area contributed by atoms with Crippen LogP contribution in [0.4, 0.5) is 5.82 Å². The van der Waals surface area contributed by atoms with Gasteiger partial charge in [0.15, 0.2) is 6.10 Å². The first kappa shape index (κ1) is 20.3. The predicted molar refractivity (Wildman–Crippen MR) is 112 cm³/mol. The summed E-state index contributed by atoms with van der Waals surface area (Å²) in [6.45, 7) is 5.49. The summed E-state index contributed by atoms with van der Waals surface area (Å²) >= 11 is 0. The molecule has 0 radical (unpaired) electrons. The summed E-state index contributed by atoms with van der Waals surface area (Å²) in [6, 6.07) is 19.0. The number of benzene rings is 2. The average Bonchev–Trinajstić information content (AvgIpc) is 3.17. The van der Waals surface area contributed by atoms with Gasteiger partial charge in [-0.25, -0.2) is 9.48 Å². The third-order valence-electron chi connectivity index (χ3n) is 4.54. The normalized spacial score (nSPS) is 11.9. The van der Waals surface area contributed by atoms with Crippen LogP contribution >= 0.6 is 0 Å². The van der Waals surface area contributed by atoms with Crippen LogP contribution in [-0.2, 0) is 16.0 Å². The van der Waals surface area contributed by atoms with Crippen molar-refractivity contribution in [1.29, 1.82) is 0 Å². The lowest BCUT2D eigenvalue weighted by Crippen LogP contribution is -2.31. The molecule has 1 N–H and O–H groups in total. The third-order valence-corrected chi connectivity index (χ3v) is 4.54. The molecule has 0 aliphatic carbocycles. The summed E-state index contributed by atoms with van der Waals surface area (Å²) in [5, 5.41) is 6.95. The zero-order valence-electron chi connectivity index (χ0n) is 16.8. The molecule has 1 amide bonds. The lowest BCUT2D eigenvalue weighted by molar-refractivity contribution is -0.123. The number of ether oxygens (including phenoxy) is 1. The van der Waals surface area contributed by atoms with Gasteiger partial charge in [0.25, 0.3) is 5.91 Å². The second kappa shape index (κ2) is 9.19. The van der Waals surface area contributed by atoms with Crippen molar-refractivity contribution in [3.05, 3.63) is 83.6 Å². The Bertz CT molecular complexity index is 980. The van der Waals surface area contributed by atoms with Crippen LogP contribution in [0.3, 0.4) is 0 Å². The summed E-state index contributed by atoms with van der Waals surface area (Å²) < 4.78 is 7.14. The van der Waals surface area contributed by atoms with E-state index in [1.54, 1.807) is 36.0 Å². The molecule has 0 bridgehead atoms. The molecule has 0 saturated heterocycles. The van der Waals surface area contributed by atoms with Gasteiger partial charge < -0.3 is 10.1 Å². The standard InChI is InChI=1S/C23H25N3O3/c1-16(2)26-21(13-14-24-26)25-22(27)17(3)29-23(28)20-12-8-7-11-19(20)15-18-9-5-4-6-10-18/h4-14,16-17H,15H2,1-3H3,(H,25,27). The van der Waals surface area contributed by atoms with Gasteiger partial charge in [-0.3, -0.25) is 4.79 Å². The minimum Gasteiger partial charge on any atom is -0.449 e. The van der Waals surface area contributed by atoms with Gasteiger partial charge in [0.1, 0.15) is 5.82 Å². The van der Waals surface area contributed by atoms with Gasteiger partial charge in [-0.05, 0) is 44.4 Å². The Balaban J connectivity index is 1.68. The zero-order valence-corrected chi connectivity index (χ0v) is 16.8. The highest BCUT2D eigenvalue weighted by Crippen LogP contribution is 2.17. The fourth-order valence-corrected chi connectivity index (χ4v) is 3.02. The Morgan fingerprint density at radius 3 is 2.41 bits per heavy atom. The van der Waals surface area contributed by atoms with Gasteiger partial charge in [-0.15, -0.1) is 0 Å². The van der Waals surface area contributed by atoms with Crippen LogP contribution in [0, 0.1) is 0 Å². The molecule has 1 atom stereocenters. The number of aromatic nitrogens is 2. The van der Waals surface area contributed by atoms with Crippen molar-refractivity contribution in [2.24, 2.45) is 0 Å². The van der Waals surface area contributed by atoms with Crippen molar-refractivity contribution >= 4 is 17.7 Å². The van der Waals surface area contributed by atoms with Gasteiger partial charge in [0.2, 0.25) is 0 Å². The van der Waals surface area contributed by atoms with Crippen molar-refractivity contribution in [1.82, 2.24) is 9.78 Å². The number of hydrogen-bond donors (Lipinski definition) is 1. The molecule has 6 heteroatoms. The van der Waals surface area contributed by atoms with Crippen molar-refractivity contribution in [3.8, 4) is 0 Å². The van der Waals surface area contributed by atoms with E-state index in [-0.39, 0.29) is 6.04 Å². The molecule has 3 aromatic rings. The van der Waals surface area contributed by atoms with E-state index < -0.39 is 18.0 Å². The Hall–Kier alpha value is -3.41. The number of amides is 1. The van der Waals surface area contributed by atoms with Gasteiger partial charge in [0, 0.05) is 12.1 Å². The number of esters is 1. The topological polar surface area (TPSA) is 73.2 Å². The van der Waals surface area contributed by atoms with Crippen molar-refractivity contribution in [2.75, 3.05) is 5.32 Å². The maximum Gasteiger partial charge on any atom is 0.339 e. The fraction of sp³-hybridized carbons (Fsp3) is 0.261. The highest BCUT2D eigenvalue weighted by Gasteiger charge is 2.22. The molecule has 0 spiro atoms. The minimum absolute atomic E-state index is 0.100. The number of rotatable bonds is 7. The Morgan fingerprint density at radius 2 is 1.69 bits per heavy atom. The minimum atomic E-state index is -0.942. The zero-order chi connectivity index (χ0) is 20.8. The summed E-state index contributed by atoms with van der Waals surface area (Å²) in [5.74, 6) is -0.352. The molecule has 1 heterocycles. The summed E-state index contributed by atoms with van der Waals surface area (Å²) in [5.41, 5.74) is 2.41. The number of nitrogens with one attached hydrogen (secondary N) is 1. The van der Waals surface area contributed by atoms with Gasteiger partial charge in [-0.2, -0.15) is 5.10 Å². The van der Waals surface area contributed by atoms with Crippen LogP contribution in [0.2, 0.25) is 0 Å². The van der Waals surface area contributed by atoms with E-state index in [0.29, 0.717) is 17.8 Å². The maximum atomic E-state index is 12.7. The maximum absolute atomic E-state index is 12.7. The fourth-order valence-electron chi connectivity index (χ4n) is 3.02. The van der Waals surface area contributed by atoms with E-state index >= 15 is 0 Å². The Labute approximate surface area is 170 Å². The first-order valence-electron chi connectivity index (χ1n) is 9.63. The van der Waals surface area contributed by atoms with Crippen LogP contribution in [-0.4, -0.2) is 27.8 Å². The number of carbonyl (C=O) groups is 2. The number of anilines is 1. The molecule has 1 aromatic heterocycles. The average molecular weight is 391 g/mol. The molecule has 3 rings (SSSR count). The monoisotopic (exact) mass is 391 g/mol. The molecule has 6 nitrogen and oxygen atoms in total. The van der Waals surface area contributed by atoms with E-state index in [0.717, 1.165) is 11.1 Å². The van der Waals surface area contributed by atoms with Crippen molar-refractivity contribution in [3.63, 3.8) is 0 Å². The van der Waals surface area contributed by atoms with Gasteiger partial charge in [-0.1, -0.05) is 48.5 Å². The number of hydrogen-bond acceptors (Lipinski definition) is 4. The predicted octanol–water partition coefficient (Wildman–Crippen LogP) is 4.24. The number of carbonyl (C=O) groups excluding carboxylic acids is 2. The van der Waals surface area contributed by atoms with Crippen LogP contribution in [0.25, 0.3) is 0 Å². The van der Waals surface area contributed by atoms with Crippen molar-refractivity contribution in [2.45, 2.75) is 39.3 Å². The third kappa shape index (κ3) is 5.10. The molecule has 0 saturated carbocycles. The molecule has 2 aromatic carbocycles. The molecule has 0 fully saturated rings. The van der Waals surface area contributed by atoms with Crippen LogP contribution < -0.4 is 5.32 Å². The van der Waals surface area contributed by atoms with Gasteiger partial charge in [0.05, 0.1) is 11.8 Å². The highest BCUT2D eigenvalue weighted by atomic mass is 16.5. The smallest absolute Gasteiger partial charge is 0.339 e. The van der Waals surface area contributed by atoms with Crippen LogP contribution in [0.1, 0.15) is 48.3 Å². The van der Waals surface area contributed by atoms with Crippen LogP contribution in [0.15, 0.2) is 66.9 Å². The summed E-state index contributed by atoms with van der Waals surface area (Å²) in [6.07, 6.45) is 1.29. The lowest BCUT2D eigenvalue weighted by Gasteiger charge is -2.16. The largest absolute Gasteiger partial charge is 0.449 e. The lowest BCUT2D eigenvalue weighted by atomic mass is 10.00. The van der Waals surface area contributed by atoms with Gasteiger partial charge >= 0.3 is 5.97 Å². The summed E-state index contributed by atoms with van der Waals surface area (Å²) in [7, 11) is 0. The quantitative estimate of drug-likeness (QED) is 0.612. The van der Waals surface area contributed by atoms with E-state index in [2.05, 4.69) is 10.4 Å². The molecule has 150 valence electrons. The van der Waals surface area contributed by atoms with Crippen LogP contribution in [0.5, 0.6) is 0 Å². The van der Waals surface area contributed by atoms with E-state index in [9.17, 15) is 9.59 Å². The molecule has 0 aliphatic rings. The Kier molecular flexibility index (Phi) is 6.44. The Morgan fingerprint density at radius 1 is 1.00 bits per heavy atom. The molecule has 0 aliphatic heterocycles. The summed E-state index contributed by atoms with van der Waals surface area (Å²) in [4.78, 5) is 25.2. The first-order chi connectivity index (χ1) is 14.0. The highest BCUT2D eigenvalue weighted by molar-refractivity contribution is 5.97. The SMILES string of the molecule is CC(OC(=O)c1ccccc1Cc1ccccc1)C(=O)Nc1ccnn1C(C)C. The van der Waals surface area contributed by atoms with E-state index in [4.69, 9.17) is 4.74 Å². The first-order valence-corrected chi connectivity index (χ1v) is 9.63. The van der Waals surface area contributed by atoms with E-state index in [1.165, 1.54) is 0 Å². The molecular weight excluding hydrogens is 366 g/mol. The second-order valence-electron chi connectivity index (χ2n) is 7.11. The molecule has 1 unspecified atom stereocenters. The molecule has 29 heavy (non-hydrogen) atoms. The second-order valence-corrected chi connectivity index (χ2v) is 7.11. The van der Waals surface area contributed by atoms with Crippen molar-refractivity contribution < 1.29 is 14.3 Å². The van der Waals surface area contributed by atoms with E-state index in [1.807, 2.05) is 56.3 Å². The molecular formula is C23H25N3O3. The number of nitrogens with zero attached hydrogens (tertiary/aromatic N) is 2.